The highest BCUT2D eigenvalue weighted by Gasteiger charge is 2.36. The molecule has 0 bridgehead atoms. The van der Waals surface area contributed by atoms with Gasteiger partial charge in [-0.15, -0.1) is 0 Å². The number of carbonyl (C=O) groups excluding carboxylic acids is 3. The van der Waals surface area contributed by atoms with Gasteiger partial charge in [0, 0.05) is 0 Å². The van der Waals surface area contributed by atoms with Crippen LogP contribution in [0.5, 0.6) is 23.0 Å². The quantitative estimate of drug-likeness (QED) is 0.226. The number of amides is 4. The monoisotopic (exact) mass is 544 g/mol. The Kier molecular flexibility index (Phi) is 8.43. The zero-order valence-corrected chi connectivity index (χ0v) is 23.1. The van der Waals surface area contributed by atoms with Gasteiger partial charge in [0.15, 0.2) is 11.5 Å². The van der Waals surface area contributed by atoms with Crippen molar-refractivity contribution in [1.29, 1.82) is 0 Å². The summed E-state index contributed by atoms with van der Waals surface area (Å²) in [6, 6.07) is 18.5. The number of rotatable bonds is 9. The lowest BCUT2D eigenvalue weighted by Crippen LogP contribution is -2.54. The number of imide groups is 2. The van der Waals surface area contributed by atoms with Gasteiger partial charge in [0.1, 0.15) is 30.3 Å². The molecule has 1 saturated heterocycles. The summed E-state index contributed by atoms with van der Waals surface area (Å²) >= 11 is 0. The minimum Gasteiger partial charge on any atom is -0.497 e. The lowest BCUT2D eigenvalue weighted by molar-refractivity contribution is -0.122. The number of hydrogen-bond donors (Lipinski definition) is 1. The van der Waals surface area contributed by atoms with Crippen molar-refractivity contribution in [2.24, 2.45) is 0 Å². The first-order chi connectivity index (χ1) is 19.1. The molecule has 0 unspecified atom stereocenters. The summed E-state index contributed by atoms with van der Waals surface area (Å²) in [6.07, 6.45) is 1.40. The summed E-state index contributed by atoms with van der Waals surface area (Å²) in [5.74, 6) is 0.679. The molecule has 1 heterocycles. The number of benzene rings is 3. The van der Waals surface area contributed by atoms with E-state index in [0.29, 0.717) is 35.1 Å². The van der Waals surface area contributed by atoms with E-state index in [2.05, 4.69) is 38.2 Å². The largest absolute Gasteiger partial charge is 0.497 e. The van der Waals surface area contributed by atoms with E-state index in [0.717, 1.165) is 10.6 Å². The molecule has 208 valence electrons. The molecule has 3 aromatic carbocycles. The molecule has 1 N–H and O–H groups in total. The minimum atomic E-state index is -0.828. The first-order valence-electron chi connectivity index (χ1n) is 12.7. The van der Waals surface area contributed by atoms with Crippen molar-refractivity contribution in [2.75, 3.05) is 32.3 Å². The van der Waals surface area contributed by atoms with E-state index in [1.165, 1.54) is 25.9 Å². The lowest BCUT2D eigenvalue weighted by Gasteiger charge is -2.26. The van der Waals surface area contributed by atoms with Gasteiger partial charge >= 0.3 is 6.03 Å². The Balaban J connectivity index is 1.43. The van der Waals surface area contributed by atoms with Crippen LogP contribution in [0.3, 0.4) is 0 Å². The zero-order chi connectivity index (χ0) is 28.9. The first-order valence-corrected chi connectivity index (χ1v) is 12.7. The van der Waals surface area contributed by atoms with Crippen molar-refractivity contribution < 1.29 is 33.3 Å². The zero-order valence-electron chi connectivity index (χ0n) is 23.1. The van der Waals surface area contributed by atoms with Crippen molar-refractivity contribution in [1.82, 2.24) is 5.32 Å². The van der Waals surface area contributed by atoms with Crippen LogP contribution in [0.25, 0.3) is 6.08 Å². The SMILES string of the molecule is COc1ccc(N2C(=O)NC(=O)/C(=C/c3ccc(OCCOc4ccc(C(C)(C)C)cc4)c(OC)c3)C2=O)cc1. The van der Waals surface area contributed by atoms with E-state index in [-0.39, 0.29) is 17.6 Å². The Hall–Kier alpha value is -4.79. The molecule has 0 atom stereocenters. The summed E-state index contributed by atoms with van der Waals surface area (Å²) in [4.78, 5) is 39.1. The first kappa shape index (κ1) is 28.2. The molecule has 0 saturated carbocycles. The van der Waals surface area contributed by atoms with Crippen LogP contribution in [-0.2, 0) is 15.0 Å². The van der Waals surface area contributed by atoms with Crippen molar-refractivity contribution in [3.8, 4) is 23.0 Å². The van der Waals surface area contributed by atoms with Crippen LogP contribution >= 0.6 is 0 Å². The van der Waals surface area contributed by atoms with Crippen LogP contribution in [0.15, 0.2) is 72.3 Å². The van der Waals surface area contributed by atoms with E-state index in [1.807, 2.05) is 12.1 Å². The standard InChI is InChI=1S/C31H32N2O7/c1-31(2,3)21-7-11-24(12-8-21)39-16-17-40-26-15-6-20(19-27(26)38-5)18-25-28(34)32-30(36)33(29(25)35)22-9-13-23(37-4)14-10-22/h6-15,18-19H,16-17H2,1-5H3,(H,32,34,36)/b25-18-. The molecular weight excluding hydrogens is 512 g/mol. The summed E-state index contributed by atoms with van der Waals surface area (Å²) in [5.41, 5.74) is 1.92. The molecule has 4 rings (SSSR count). The van der Waals surface area contributed by atoms with Crippen LogP contribution in [-0.4, -0.2) is 45.3 Å². The topological polar surface area (TPSA) is 103 Å². The number of ether oxygens (including phenoxy) is 4. The molecule has 0 spiro atoms. The van der Waals surface area contributed by atoms with Crippen LogP contribution in [0.2, 0.25) is 0 Å². The Morgan fingerprint density at radius 1 is 0.775 bits per heavy atom. The Morgan fingerprint density at radius 2 is 1.43 bits per heavy atom. The molecule has 9 nitrogen and oxygen atoms in total. The van der Waals surface area contributed by atoms with E-state index in [1.54, 1.807) is 42.5 Å². The number of carbonyl (C=O) groups is 3. The second kappa shape index (κ2) is 11.9. The average Bonchev–Trinajstić information content (AvgIpc) is 2.93. The molecule has 0 aliphatic carbocycles. The van der Waals surface area contributed by atoms with Crippen LogP contribution < -0.4 is 29.2 Å². The van der Waals surface area contributed by atoms with Crippen LogP contribution in [0, 0.1) is 0 Å². The smallest absolute Gasteiger partial charge is 0.335 e. The van der Waals surface area contributed by atoms with Gasteiger partial charge in [0.2, 0.25) is 0 Å². The van der Waals surface area contributed by atoms with Crippen molar-refractivity contribution in [2.45, 2.75) is 26.2 Å². The number of nitrogens with zero attached hydrogens (tertiary/aromatic N) is 1. The van der Waals surface area contributed by atoms with Crippen molar-refractivity contribution >= 4 is 29.6 Å². The highest BCUT2D eigenvalue weighted by atomic mass is 16.5. The van der Waals surface area contributed by atoms with Gasteiger partial charge in [-0.2, -0.15) is 0 Å². The molecule has 0 aromatic heterocycles. The normalized spacial score (nSPS) is 14.7. The predicted molar refractivity (Wildman–Crippen MR) is 151 cm³/mol. The van der Waals surface area contributed by atoms with E-state index >= 15 is 0 Å². The third-order valence-electron chi connectivity index (χ3n) is 6.26. The fourth-order valence-electron chi connectivity index (χ4n) is 4.05. The number of barbiturate groups is 1. The summed E-state index contributed by atoms with van der Waals surface area (Å²) in [7, 11) is 3.01. The molecule has 40 heavy (non-hydrogen) atoms. The van der Waals surface area contributed by atoms with Gasteiger partial charge in [-0.1, -0.05) is 39.0 Å². The average molecular weight is 545 g/mol. The Morgan fingerprint density at radius 3 is 2.05 bits per heavy atom. The molecule has 3 aromatic rings. The molecule has 1 fully saturated rings. The Bertz CT molecular complexity index is 1420. The van der Waals surface area contributed by atoms with E-state index < -0.39 is 17.8 Å². The molecule has 9 heteroatoms. The highest BCUT2D eigenvalue weighted by molar-refractivity contribution is 6.39. The number of nitrogens with one attached hydrogen (secondary N) is 1. The second-order valence-electron chi connectivity index (χ2n) is 10.0. The third kappa shape index (κ3) is 6.43. The molecule has 1 aliphatic heterocycles. The Labute approximate surface area is 233 Å². The molecule has 4 amide bonds. The van der Waals surface area contributed by atoms with E-state index in [4.69, 9.17) is 18.9 Å². The van der Waals surface area contributed by atoms with Gasteiger partial charge in [-0.05, 0) is 71.1 Å². The van der Waals surface area contributed by atoms with Gasteiger partial charge in [0.25, 0.3) is 11.8 Å². The highest BCUT2D eigenvalue weighted by Crippen LogP contribution is 2.30. The fourth-order valence-corrected chi connectivity index (χ4v) is 4.05. The fraction of sp³-hybridized carbons (Fsp3) is 0.258. The third-order valence-corrected chi connectivity index (χ3v) is 6.26. The molecular formula is C31H32N2O7. The van der Waals surface area contributed by atoms with Crippen molar-refractivity contribution in [3.05, 3.63) is 83.4 Å². The van der Waals surface area contributed by atoms with Crippen LogP contribution in [0.1, 0.15) is 31.9 Å². The number of methoxy groups -OCH3 is 2. The molecule has 0 radical (unpaired) electrons. The van der Waals surface area contributed by atoms with Gasteiger partial charge in [-0.3, -0.25) is 14.9 Å². The molecule has 1 aliphatic rings. The maximum Gasteiger partial charge on any atom is 0.335 e. The minimum absolute atomic E-state index is 0.0711. The second-order valence-corrected chi connectivity index (χ2v) is 10.0. The summed E-state index contributed by atoms with van der Waals surface area (Å²) in [6.45, 7) is 7.08. The van der Waals surface area contributed by atoms with Gasteiger partial charge < -0.3 is 18.9 Å². The van der Waals surface area contributed by atoms with Gasteiger partial charge in [0.05, 0.1) is 19.9 Å². The summed E-state index contributed by atoms with van der Waals surface area (Å²) in [5, 5.41) is 2.21. The predicted octanol–water partition coefficient (Wildman–Crippen LogP) is 5.13. The van der Waals surface area contributed by atoms with Gasteiger partial charge in [-0.25, -0.2) is 9.69 Å². The summed E-state index contributed by atoms with van der Waals surface area (Å²) < 4.78 is 22.2. The maximum absolute atomic E-state index is 13.2. The van der Waals surface area contributed by atoms with Crippen LogP contribution in [0.4, 0.5) is 10.5 Å². The van der Waals surface area contributed by atoms with E-state index in [9.17, 15) is 14.4 Å². The number of hydrogen-bond acceptors (Lipinski definition) is 7. The lowest BCUT2D eigenvalue weighted by atomic mass is 9.87. The maximum atomic E-state index is 13.2. The number of urea groups is 1. The van der Waals surface area contributed by atoms with Crippen molar-refractivity contribution in [3.63, 3.8) is 0 Å². The number of anilines is 1.